The van der Waals surface area contributed by atoms with Crippen LogP contribution in [0.25, 0.3) is 0 Å². The van der Waals surface area contributed by atoms with Crippen LogP contribution in [0.2, 0.25) is 5.15 Å². The van der Waals surface area contributed by atoms with Crippen LogP contribution < -0.4 is 5.32 Å². The Kier molecular flexibility index (Phi) is 2.70. The van der Waals surface area contributed by atoms with Gasteiger partial charge in [-0.1, -0.05) is 11.6 Å². The smallest absolute Gasteiger partial charge is 0.131 e. The van der Waals surface area contributed by atoms with Crippen molar-refractivity contribution < 1.29 is 0 Å². The van der Waals surface area contributed by atoms with Crippen molar-refractivity contribution in [1.29, 1.82) is 0 Å². The maximum absolute atomic E-state index is 5.75. The number of aromatic nitrogens is 2. The molecule has 0 radical (unpaired) electrons. The largest absolute Gasteiger partial charge is 0.379 e. The molecule has 4 heteroatoms. The lowest BCUT2D eigenvalue weighted by atomic mass is 10.3. The number of nitrogens with zero attached hydrogens (tertiary/aromatic N) is 1. The van der Waals surface area contributed by atoms with E-state index in [9.17, 15) is 0 Å². The van der Waals surface area contributed by atoms with Gasteiger partial charge in [-0.2, -0.15) is 0 Å². The minimum Gasteiger partial charge on any atom is -0.379 e. The Bertz CT molecular complexity index is 398. The van der Waals surface area contributed by atoms with Gasteiger partial charge in [-0.05, 0) is 24.3 Å². The van der Waals surface area contributed by atoms with Gasteiger partial charge in [0.15, 0.2) is 0 Å². The minimum atomic E-state index is 0.501. The summed E-state index contributed by atoms with van der Waals surface area (Å²) in [6.07, 6.45) is 3.58. The molecule has 14 heavy (non-hydrogen) atoms. The van der Waals surface area contributed by atoms with Crippen molar-refractivity contribution in [3.05, 3.63) is 47.5 Å². The maximum atomic E-state index is 5.75. The minimum absolute atomic E-state index is 0.501. The Labute approximate surface area is 87.1 Å². The van der Waals surface area contributed by atoms with Gasteiger partial charge in [0.1, 0.15) is 5.15 Å². The lowest BCUT2D eigenvalue weighted by Crippen LogP contribution is -1.99. The number of aromatic amines is 1. The highest BCUT2D eigenvalue weighted by atomic mass is 35.5. The van der Waals surface area contributed by atoms with Gasteiger partial charge in [-0.15, -0.1) is 0 Å². The van der Waals surface area contributed by atoms with Gasteiger partial charge in [0, 0.05) is 23.8 Å². The molecule has 0 saturated heterocycles. The number of halogens is 1. The molecule has 2 N–H and O–H groups in total. The van der Waals surface area contributed by atoms with Gasteiger partial charge in [0.05, 0.1) is 6.54 Å². The summed E-state index contributed by atoms with van der Waals surface area (Å²) in [4.78, 5) is 7.01. The zero-order valence-corrected chi connectivity index (χ0v) is 8.25. The van der Waals surface area contributed by atoms with Gasteiger partial charge in [0.2, 0.25) is 0 Å². The first kappa shape index (κ1) is 9.09. The molecule has 2 rings (SSSR count). The summed E-state index contributed by atoms with van der Waals surface area (Å²) in [7, 11) is 0. The fraction of sp³-hybridized carbons (Fsp3) is 0.100. The summed E-state index contributed by atoms with van der Waals surface area (Å²) in [5.41, 5.74) is 2.11. The van der Waals surface area contributed by atoms with Crippen molar-refractivity contribution in [2.75, 3.05) is 5.32 Å². The van der Waals surface area contributed by atoms with Crippen LogP contribution in [0, 0.1) is 0 Å². The second kappa shape index (κ2) is 4.15. The second-order valence-electron chi connectivity index (χ2n) is 2.92. The molecule has 2 heterocycles. The Hall–Kier alpha value is -1.48. The zero-order chi connectivity index (χ0) is 9.80. The first-order chi connectivity index (χ1) is 6.84. The highest BCUT2D eigenvalue weighted by Crippen LogP contribution is 2.12. The normalized spacial score (nSPS) is 10.1. The first-order valence-electron chi connectivity index (χ1n) is 4.32. The van der Waals surface area contributed by atoms with Crippen LogP contribution in [0.15, 0.2) is 36.7 Å². The molecule has 0 amide bonds. The molecule has 0 aliphatic rings. The van der Waals surface area contributed by atoms with E-state index >= 15 is 0 Å². The standard InChI is InChI=1S/C10H10ClN3/c11-10-6-8(3-5-13-10)14-7-9-2-1-4-12-9/h1-6,12H,7H2,(H,13,14). The van der Waals surface area contributed by atoms with Crippen LogP contribution in [-0.4, -0.2) is 9.97 Å². The fourth-order valence-electron chi connectivity index (χ4n) is 1.19. The molecule has 0 unspecified atom stereocenters. The predicted molar refractivity (Wildman–Crippen MR) is 57.4 cm³/mol. The van der Waals surface area contributed by atoms with Crippen LogP contribution in [-0.2, 0) is 6.54 Å². The summed E-state index contributed by atoms with van der Waals surface area (Å²) in [5.74, 6) is 0. The second-order valence-corrected chi connectivity index (χ2v) is 3.30. The molecule has 0 saturated carbocycles. The quantitative estimate of drug-likeness (QED) is 0.760. The SMILES string of the molecule is Clc1cc(NCc2ccc[nH]2)ccn1. The Morgan fingerprint density at radius 1 is 1.43 bits per heavy atom. The monoisotopic (exact) mass is 207 g/mol. The van der Waals surface area contributed by atoms with Gasteiger partial charge in [-0.25, -0.2) is 4.98 Å². The van der Waals surface area contributed by atoms with Crippen LogP contribution in [0.3, 0.4) is 0 Å². The van der Waals surface area contributed by atoms with Crippen molar-refractivity contribution in [2.24, 2.45) is 0 Å². The fourth-order valence-corrected chi connectivity index (χ4v) is 1.36. The number of rotatable bonds is 3. The van der Waals surface area contributed by atoms with Crippen LogP contribution in [0.4, 0.5) is 5.69 Å². The van der Waals surface area contributed by atoms with Crippen molar-refractivity contribution in [3.8, 4) is 0 Å². The number of H-pyrrole nitrogens is 1. The first-order valence-corrected chi connectivity index (χ1v) is 4.70. The van der Waals surface area contributed by atoms with Gasteiger partial charge < -0.3 is 10.3 Å². The van der Waals surface area contributed by atoms with E-state index in [-0.39, 0.29) is 0 Å². The molecule has 0 fully saturated rings. The van der Waals surface area contributed by atoms with Crippen LogP contribution in [0.1, 0.15) is 5.69 Å². The summed E-state index contributed by atoms with van der Waals surface area (Å²) in [5, 5.41) is 3.73. The summed E-state index contributed by atoms with van der Waals surface area (Å²) < 4.78 is 0. The molecule has 2 aromatic heterocycles. The van der Waals surface area contributed by atoms with E-state index in [0.717, 1.165) is 17.9 Å². The average molecular weight is 208 g/mol. The number of hydrogen-bond acceptors (Lipinski definition) is 2. The summed E-state index contributed by atoms with van der Waals surface area (Å²) in [6, 6.07) is 7.67. The summed E-state index contributed by atoms with van der Waals surface area (Å²) >= 11 is 5.75. The molecule has 2 aromatic rings. The molecule has 0 aliphatic carbocycles. The van der Waals surface area contributed by atoms with E-state index in [1.807, 2.05) is 24.4 Å². The van der Waals surface area contributed by atoms with Gasteiger partial charge >= 0.3 is 0 Å². The molecule has 0 aliphatic heterocycles. The Balaban J connectivity index is 1.98. The molecule has 72 valence electrons. The molecule has 0 spiro atoms. The lowest BCUT2D eigenvalue weighted by molar-refractivity contribution is 1.07. The molecule has 0 bridgehead atoms. The maximum Gasteiger partial charge on any atom is 0.131 e. The highest BCUT2D eigenvalue weighted by Gasteiger charge is 1.95. The molecular weight excluding hydrogens is 198 g/mol. The van der Waals surface area contributed by atoms with Crippen LogP contribution >= 0.6 is 11.6 Å². The zero-order valence-electron chi connectivity index (χ0n) is 7.50. The third-order valence-corrected chi connectivity index (χ3v) is 2.08. The Morgan fingerprint density at radius 2 is 2.36 bits per heavy atom. The summed E-state index contributed by atoms with van der Waals surface area (Å²) in [6.45, 7) is 0.757. The average Bonchev–Trinajstić information content (AvgIpc) is 2.67. The highest BCUT2D eigenvalue weighted by molar-refractivity contribution is 6.29. The van der Waals surface area contributed by atoms with E-state index in [2.05, 4.69) is 15.3 Å². The lowest BCUT2D eigenvalue weighted by Gasteiger charge is -2.04. The Morgan fingerprint density at radius 3 is 3.07 bits per heavy atom. The third kappa shape index (κ3) is 2.26. The van der Waals surface area contributed by atoms with Gasteiger partial charge in [0.25, 0.3) is 0 Å². The number of nitrogens with one attached hydrogen (secondary N) is 2. The van der Waals surface area contributed by atoms with Crippen molar-refractivity contribution in [1.82, 2.24) is 9.97 Å². The topological polar surface area (TPSA) is 40.7 Å². The van der Waals surface area contributed by atoms with Crippen molar-refractivity contribution >= 4 is 17.3 Å². The van der Waals surface area contributed by atoms with Crippen molar-refractivity contribution in [3.63, 3.8) is 0 Å². The predicted octanol–water partition coefficient (Wildman–Crippen LogP) is 2.68. The molecule has 3 nitrogen and oxygen atoms in total. The number of anilines is 1. The molecule has 0 aromatic carbocycles. The number of pyridine rings is 1. The number of hydrogen-bond donors (Lipinski definition) is 2. The van der Waals surface area contributed by atoms with Crippen molar-refractivity contribution in [2.45, 2.75) is 6.54 Å². The third-order valence-electron chi connectivity index (χ3n) is 1.87. The van der Waals surface area contributed by atoms with E-state index in [4.69, 9.17) is 11.6 Å². The van der Waals surface area contributed by atoms with E-state index in [1.54, 1.807) is 12.3 Å². The van der Waals surface area contributed by atoms with Gasteiger partial charge in [-0.3, -0.25) is 0 Å². The van der Waals surface area contributed by atoms with E-state index in [0.29, 0.717) is 5.15 Å². The van der Waals surface area contributed by atoms with E-state index in [1.165, 1.54) is 0 Å². The van der Waals surface area contributed by atoms with Crippen LogP contribution in [0.5, 0.6) is 0 Å². The molecular formula is C10H10ClN3. The van der Waals surface area contributed by atoms with E-state index < -0.39 is 0 Å². The molecule has 0 atom stereocenters.